The summed E-state index contributed by atoms with van der Waals surface area (Å²) in [5.74, 6) is 1.58. The van der Waals surface area contributed by atoms with Crippen molar-refractivity contribution in [2.75, 3.05) is 6.54 Å². The van der Waals surface area contributed by atoms with Gasteiger partial charge in [0, 0.05) is 36.6 Å². The largest absolute Gasteiger partial charge is 0.460 e. The highest BCUT2D eigenvalue weighted by Gasteiger charge is 2.31. The van der Waals surface area contributed by atoms with Gasteiger partial charge in [-0.2, -0.15) is 5.26 Å². The average Bonchev–Trinajstić information content (AvgIpc) is 3.44. The first-order valence-electron chi connectivity index (χ1n) is 9.58. The van der Waals surface area contributed by atoms with Gasteiger partial charge >= 0.3 is 0 Å². The first kappa shape index (κ1) is 17.4. The molecule has 6 nitrogen and oxygen atoms in total. The lowest BCUT2D eigenvalue weighted by molar-refractivity contribution is 0.185. The summed E-state index contributed by atoms with van der Waals surface area (Å²) < 4.78 is 6.14. The zero-order chi connectivity index (χ0) is 19.6. The van der Waals surface area contributed by atoms with Crippen molar-refractivity contribution in [3.05, 3.63) is 95.5 Å². The minimum atomic E-state index is 0.0490. The van der Waals surface area contributed by atoms with Crippen LogP contribution in [0.3, 0.4) is 0 Å². The van der Waals surface area contributed by atoms with Gasteiger partial charge < -0.3 is 9.40 Å². The van der Waals surface area contributed by atoms with Gasteiger partial charge in [-0.15, -0.1) is 0 Å². The maximum atomic E-state index is 9.37. The van der Waals surface area contributed by atoms with Crippen LogP contribution < -0.4 is 0 Å². The average molecular weight is 381 g/mol. The molecule has 1 aromatic carbocycles. The normalized spacial score (nSPS) is 16.3. The number of rotatable bonds is 4. The van der Waals surface area contributed by atoms with E-state index in [9.17, 15) is 5.26 Å². The van der Waals surface area contributed by atoms with E-state index in [0.29, 0.717) is 12.1 Å². The number of fused-ring (bicyclic) bond motifs is 1. The van der Waals surface area contributed by atoms with Crippen LogP contribution in [0.1, 0.15) is 34.3 Å². The fourth-order valence-corrected chi connectivity index (χ4v) is 4.01. The molecule has 1 aliphatic heterocycles. The van der Waals surface area contributed by atoms with Crippen LogP contribution in [0.15, 0.2) is 71.7 Å². The molecule has 4 aromatic rings. The first-order chi connectivity index (χ1) is 14.3. The van der Waals surface area contributed by atoms with Crippen molar-refractivity contribution < 1.29 is 4.42 Å². The summed E-state index contributed by atoms with van der Waals surface area (Å²) in [5.41, 5.74) is 4.84. The number of nitrogens with zero attached hydrogens (tertiary/aromatic N) is 4. The Kier molecular flexibility index (Phi) is 4.43. The van der Waals surface area contributed by atoms with Crippen LogP contribution in [-0.4, -0.2) is 26.4 Å². The van der Waals surface area contributed by atoms with Gasteiger partial charge in [-0.3, -0.25) is 9.88 Å². The highest BCUT2D eigenvalue weighted by Crippen LogP contribution is 2.35. The van der Waals surface area contributed by atoms with Gasteiger partial charge in [0.25, 0.3) is 0 Å². The van der Waals surface area contributed by atoms with E-state index in [1.54, 1.807) is 12.4 Å². The first-order valence-corrected chi connectivity index (χ1v) is 9.58. The molecule has 142 valence electrons. The summed E-state index contributed by atoms with van der Waals surface area (Å²) in [6.07, 6.45) is 6.32. The van der Waals surface area contributed by atoms with Gasteiger partial charge in [-0.25, -0.2) is 4.98 Å². The van der Waals surface area contributed by atoms with Gasteiger partial charge in [0.1, 0.15) is 11.5 Å². The Balaban J connectivity index is 1.46. The fraction of sp³-hybridized carbons (Fsp3) is 0.174. The van der Waals surface area contributed by atoms with Gasteiger partial charge in [-0.1, -0.05) is 12.1 Å². The molecule has 0 saturated carbocycles. The Morgan fingerprint density at radius 1 is 1.14 bits per heavy atom. The predicted molar refractivity (Wildman–Crippen MR) is 108 cm³/mol. The SMILES string of the molecule is N#Cc1ccccc1-c1ccc(CN2CCc3[nH]cnc3C2c2ccncc2)o1. The maximum Gasteiger partial charge on any atom is 0.135 e. The molecule has 1 aliphatic rings. The number of H-pyrrole nitrogens is 1. The van der Waals surface area contributed by atoms with Crippen molar-refractivity contribution in [3.63, 3.8) is 0 Å². The van der Waals surface area contributed by atoms with E-state index in [-0.39, 0.29) is 6.04 Å². The molecule has 0 fully saturated rings. The molecule has 0 spiro atoms. The topological polar surface area (TPSA) is 81.7 Å². The van der Waals surface area contributed by atoms with E-state index >= 15 is 0 Å². The monoisotopic (exact) mass is 381 g/mol. The standard InChI is InChI=1S/C23H19N5O/c24-13-17-3-1-2-4-19(17)21-6-5-18(29-21)14-28-12-9-20-22(27-15-26-20)23(28)16-7-10-25-11-8-16/h1-8,10-11,15,23H,9,12,14H2,(H,26,27). The van der Waals surface area contributed by atoms with E-state index in [1.807, 2.05) is 54.9 Å². The van der Waals surface area contributed by atoms with Crippen molar-refractivity contribution >= 4 is 0 Å². The van der Waals surface area contributed by atoms with Crippen molar-refractivity contribution in [2.45, 2.75) is 19.0 Å². The Bertz CT molecular complexity index is 1170. The number of furan rings is 1. The molecule has 0 saturated heterocycles. The molecule has 1 unspecified atom stereocenters. The van der Waals surface area contributed by atoms with E-state index < -0.39 is 0 Å². The molecule has 1 N–H and O–H groups in total. The van der Waals surface area contributed by atoms with Crippen molar-refractivity contribution in [1.82, 2.24) is 19.9 Å². The Hall–Kier alpha value is -3.69. The van der Waals surface area contributed by atoms with E-state index in [4.69, 9.17) is 4.42 Å². The second-order valence-electron chi connectivity index (χ2n) is 7.09. The molecular weight excluding hydrogens is 362 g/mol. The number of hydrogen-bond donors (Lipinski definition) is 1. The molecule has 1 atom stereocenters. The van der Waals surface area contributed by atoms with Crippen LogP contribution >= 0.6 is 0 Å². The molecule has 3 aromatic heterocycles. The predicted octanol–water partition coefficient (Wildman–Crippen LogP) is 4.08. The molecule has 0 bridgehead atoms. The number of nitrogens with one attached hydrogen (secondary N) is 1. The van der Waals surface area contributed by atoms with Gasteiger partial charge in [0.2, 0.25) is 0 Å². The van der Waals surface area contributed by atoms with Gasteiger partial charge in [0.05, 0.1) is 36.2 Å². The smallest absolute Gasteiger partial charge is 0.135 e. The molecular formula is C23H19N5O. The summed E-state index contributed by atoms with van der Waals surface area (Å²) in [7, 11) is 0. The minimum Gasteiger partial charge on any atom is -0.460 e. The maximum absolute atomic E-state index is 9.37. The lowest BCUT2D eigenvalue weighted by Crippen LogP contribution is -2.35. The second kappa shape index (κ2) is 7.38. The summed E-state index contributed by atoms with van der Waals surface area (Å²) in [4.78, 5) is 14.4. The van der Waals surface area contributed by atoms with Crippen molar-refractivity contribution in [1.29, 1.82) is 5.26 Å². The third-order valence-electron chi connectivity index (χ3n) is 5.38. The zero-order valence-corrected chi connectivity index (χ0v) is 15.7. The van der Waals surface area contributed by atoms with Gasteiger partial charge in [-0.05, 0) is 42.0 Å². The number of imidazole rings is 1. The molecule has 0 aliphatic carbocycles. The molecule has 0 radical (unpaired) electrons. The van der Waals surface area contributed by atoms with Crippen LogP contribution in [0.4, 0.5) is 0 Å². The number of hydrogen-bond acceptors (Lipinski definition) is 5. The number of benzene rings is 1. The van der Waals surface area contributed by atoms with Crippen molar-refractivity contribution in [3.8, 4) is 17.4 Å². The van der Waals surface area contributed by atoms with E-state index in [2.05, 4.69) is 25.9 Å². The fourth-order valence-electron chi connectivity index (χ4n) is 4.01. The lowest BCUT2D eigenvalue weighted by Gasteiger charge is -2.34. The van der Waals surface area contributed by atoms with Crippen LogP contribution in [0, 0.1) is 11.3 Å². The van der Waals surface area contributed by atoms with Gasteiger partial charge in [0.15, 0.2) is 0 Å². The quantitative estimate of drug-likeness (QED) is 0.576. The van der Waals surface area contributed by atoms with E-state index in [1.165, 1.54) is 5.69 Å². The lowest BCUT2D eigenvalue weighted by atomic mass is 9.96. The Morgan fingerprint density at radius 3 is 2.86 bits per heavy atom. The number of aromatic amines is 1. The number of nitriles is 1. The third-order valence-corrected chi connectivity index (χ3v) is 5.38. The Labute approximate surface area is 168 Å². The zero-order valence-electron chi connectivity index (χ0n) is 15.7. The second-order valence-corrected chi connectivity index (χ2v) is 7.09. The molecule has 5 rings (SSSR count). The van der Waals surface area contributed by atoms with Crippen LogP contribution in [0.25, 0.3) is 11.3 Å². The van der Waals surface area contributed by atoms with Crippen molar-refractivity contribution in [2.24, 2.45) is 0 Å². The third kappa shape index (κ3) is 3.22. The summed E-state index contributed by atoms with van der Waals surface area (Å²) in [6.45, 7) is 1.56. The molecule has 29 heavy (non-hydrogen) atoms. The van der Waals surface area contributed by atoms with Crippen LogP contribution in [0.2, 0.25) is 0 Å². The highest BCUT2D eigenvalue weighted by molar-refractivity contribution is 5.66. The highest BCUT2D eigenvalue weighted by atomic mass is 16.3. The number of pyridine rings is 1. The van der Waals surface area contributed by atoms with Crippen LogP contribution in [-0.2, 0) is 13.0 Å². The van der Waals surface area contributed by atoms with Crippen LogP contribution in [0.5, 0.6) is 0 Å². The van der Waals surface area contributed by atoms with E-state index in [0.717, 1.165) is 41.3 Å². The molecule has 6 heteroatoms. The summed E-state index contributed by atoms with van der Waals surface area (Å²) in [5, 5.41) is 9.37. The summed E-state index contributed by atoms with van der Waals surface area (Å²) in [6, 6.07) is 17.8. The number of aromatic nitrogens is 3. The molecule has 4 heterocycles. The Morgan fingerprint density at radius 2 is 2.00 bits per heavy atom. The molecule has 0 amide bonds. The summed E-state index contributed by atoms with van der Waals surface area (Å²) >= 11 is 0. The minimum absolute atomic E-state index is 0.0490.